The minimum Gasteiger partial charge on any atom is -0.465 e. The zero-order valence-corrected chi connectivity index (χ0v) is 13.2. The Morgan fingerprint density at radius 1 is 1.04 bits per heavy atom. The Hall–Kier alpha value is -2.47. The number of esters is 1. The van der Waals surface area contributed by atoms with Gasteiger partial charge in [-0.15, -0.1) is 11.3 Å². The molecular formula is C17H15NO4S. The van der Waals surface area contributed by atoms with E-state index in [4.69, 9.17) is 4.74 Å². The van der Waals surface area contributed by atoms with E-state index in [1.165, 1.54) is 16.2 Å². The monoisotopic (exact) mass is 329 g/mol. The van der Waals surface area contributed by atoms with Crippen molar-refractivity contribution in [3.8, 4) is 0 Å². The third-order valence-corrected chi connectivity index (χ3v) is 4.44. The predicted octanol–water partition coefficient (Wildman–Crippen LogP) is 2.52. The molecule has 1 aliphatic heterocycles. The summed E-state index contributed by atoms with van der Waals surface area (Å²) in [5.41, 5.74) is 0.874. The van der Waals surface area contributed by atoms with Crippen LogP contribution in [0.5, 0.6) is 0 Å². The predicted molar refractivity (Wildman–Crippen MR) is 85.4 cm³/mol. The van der Waals surface area contributed by atoms with Crippen molar-refractivity contribution in [1.82, 2.24) is 4.90 Å². The molecule has 0 unspecified atom stereocenters. The van der Waals surface area contributed by atoms with Crippen molar-refractivity contribution in [2.24, 2.45) is 0 Å². The topological polar surface area (TPSA) is 63.7 Å². The highest BCUT2D eigenvalue weighted by atomic mass is 32.1. The standard InChI is InChI=1S/C17H15NO4S/c19-15(11-12-5-3-10-23-12)22-9-4-8-18-16(20)13-6-1-2-7-14(13)17(18)21/h1-3,5-7,10H,4,8-9,11H2. The second-order valence-electron chi connectivity index (χ2n) is 5.14. The third-order valence-electron chi connectivity index (χ3n) is 3.57. The molecule has 3 rings (SSSR count). The zero-order chi connectivity index (χ0) is 16.2. The van der Waals surface area contributed by atoms with E-state index in [0.717, 1.165) is 4.88 Å². The Morgan fingerprint density at radius 2 is 1.74 bits per heavy atom. The second kappa shape index (κ2) is 6.75. The molecule has 118 valence electrons. The molecule has 0 aliphatic carbocycles. The van der Waals surface area contributed by atoms with E-state index in [0.29, 0.717) is 17.5 Å². The van der Waals surface area contributed by atoms with Gasteiger partial charge >= 0.3 is 5.97 Å². The molecule has 1 aromatic heterocycles. The van der Waals surface area contributed by atoms with Gasteiger partial charge in [0, 0.05) is 11.4 Å². The number of carbonyl (C=O) groups excluding carboxylic acids is 3. The van der Waals surface area contributed by atoms with Crippen LogP contribution in [0.4, 0.5) is 0 Å². The molecule has 2 heterocycles. The minimum absolute atomic E-state index is 0.192. The summed E-state index contributed by atoms with van der Waals surface area (Å²) in [5.74, 6) is -0.860. The number of amides is 2. The molecule has 23 heavy (non-hydrogen) atoms. The van der Waals surface area contributed by atoms with Crippen LogP contribution in [-0.2, 0) is 16.0 Å². The summed E-state index contributed by atoms with van der Waals surface area (Å²) in [4.78, 5) is 38.1. The van der Waals surface area contributed by atoms with Crippen LogP contribution in [0.1, 0.15) is 32.0 Å². The van der Waals surface area contributed by atoms with Crippen LogP contribution >= 0.6 is 11.3 Å². The Morgan fingerprint density at radius 3 is 2.35 bits per heavy atom. The maximum Gasteiger partial charge on any atom is 0.311 e. The molecule has 0 fully saturated rings. The van der Waals surface area contributed by atoms with E-state index < -0.39 is 0 Å². The van der Waals surface area contributed by atoms with Crippen LogP contribution in [0.25, 0.3) is 0 Å². The van der Waals surface area contributed by atoms with Crippen molar-refractivity contribution in [2.45, 2.75) is 12.8 Å². The van der Waals surface area contributed by atoms with Gasteiger partial charge in [0.15, 0.2) is 0 Å². The van der Waals surface area contributed by atoms with Crippen molar-refractivity contribution >= 4 is 29.1 Å². The van der Waals surface area contributed by atoms with Gasteiger partial charge in [0.2, 0.25) is 0 Å². The first kappa shape index (κ1) is 15.4. The van der Waals surface area contributed by atoms with Gasteiger partial charge in [0.1, 0.15) is 0 Å². The first-order valence-electron chi connectivity index (χ1n) is 7.30. The molecule has 1 aliphatic rings. The lowest BCUT2D eigenvalue weighted by atomic mass is 10.1. The number of imide groups is 1. The van der Waals surface area contributed by atoms with Gasteiger partial charge < -0.3 is 4.74 Å². The number of hydrogen-bond acceptors (Lipinski definition) is 5. The van der Waals surface area contributed by atoms with E-state index in [-0.39, 0.29) is 37.4 Å². The molecule has 5 nitrogen and oxygen atoms in total. The van der Waals surface area contributed by atoms with Gasteiger partial charge in [-0.1, -0.05) is 18.2 Å². The van der Waals surface area contributed by atoms with Gasteiger partial charge in [-0.05, 0) is 30.0 Å². The molecule has 0 saturated heterocycles. The quantitative estimate of drug-likeness (QED) is 0.464. The van der Waals surface area contributed by atoms with Crippen LogP contribution in [0.3, 0.4) is 0 Å². The molecule has 0 spiro atoms. The summed E-state index contributed by atoms with van der Waals surface area (Å²) in [6, 6.07) is 10.5. The number of carbonyl (C=O) groups is 3. The summed E-state index contributed by atoms with van der Waals surface area (Å²) < 4.78 is 5.14. The van der Waals surface area contributed by atoms with Crippen LogP contribution in [-0.4, -0.2) is 35.8 Å². The van der Waals surface area contributed by atoms with Gasteiger partial charge in [-0.2, -0.15) is 0 Å². The number of thiophene rings is 1. The third kappa shape index (κ3) is 3.32. The van der Waals surface area contributed by atoms with E-state index in [1.54, 1.807) is 24.3 Å². The summed E-state index contributed by atoms with van der Waals surface area (Å²) in [7, 11) is 0. The summed E-state index contributed by atoms with van der Waals surface area (Å²) >= 11 is 1.51. The lowest BCUT2D eigenvalue weighted by Crippen LogP contribution is -2.31. The molecule has 0 atom stereocenters. The van der Waals surface area contributed by atoms with Gasteiger partial charge in [-0.3, -0.25) is 19.3 Å². The van der Waals surface area contributed by atoms with Crippen LogP contribution < -0.4 is 0 Å². The molecule has 1 aromatic carbocycles. The van der Waals surface area contributed by atoms with Crippen LogP contribution in [0.2, 0.25) is 0 Å². The SMILES string of the molecule is O=C(Cc1cccs1)OCCCN1C(=O)c2ccccc2C1=O. The Balaban J connectivity index is 1.46. The average molecular weight is 329 g/mol. The number of rotatable bonds is 6. The van der Waals surface area contributed by atoms with Crippen molar-refractivity contribution < 1.29 is 19.1 Å². The highest BCUT2D eigenvalue weighted by molar-refractivity contribution is 7.10. The highest BCUT2D eigenvalue weighted by Crippen LogP contribution is 2.22. The first-order chi connectivity index (χ1) is 11.2. The smallest absolute Gasteiger partial charge is 0.311 e. The van der Waals surface area contributed by atoms with Crippen molar-refractivity contribution in [1.29, 1.82) is 0 Å². The van der Waals surface area contributed by atoms with E-state index in [2.05, 4.69) is 0 Å². The number of benzene rings is 1. The molecule has 0 N–H and O–H groups in total. The zero-order valence-electron chi connectivity index (χ0n) is 12.4. The van der Waals surface area contributed by atoms with Crippen LogP contribution in [0.15, 0.2) is 41.8 Å². The Bertz CT molecular complexity index is 704. The number of hydrogen-bond donors (Lipinski definition) is 0. The summed E-state index contributed by atoms with van der Waals surface area (Å²) in [5, 5.41) is 1.91. The van der Waals surface area contributed by atoms with Crippen molar-refractivity contribution in [2.75, 3.05) is 13.2 Å². The van der Waals surface area contributed by atoms with Crippen LogP contribution in [0, 0.1) is 0 Å². The molecule has 2 aromatic rings. The molecule has 0 saturated carbocycles. The minimum atomic E-state index is -0.296. The van der Waals surface area contributed by atoms with Crippen molar-refractivity contribution in [3.63, 3.8) is 0 Å². The molecule has 2 amide bonds. The fourth-order valence-corrected chi connectivity index (χ4v) is 3.15. The second-order valence-corrected chi connectivity index (χ2v) is 6.17. The maximum atomic E-state index is 12.1. The maximum absolute atomic E-state index is 12.1. The lowest BCUT2D eigenvalue weighted by Gasteiger charge is -2.13. The fraction of sp³-hybridized carbons (Fsp3) is 0.235. The van der Waals surface area contributed by atoms with Gasteiger partial charge in [-0.25, -0.2) is 0 Å². The first-order valence-corrected chi connectivity index (χ1v) is 8.18. The lowest BCUT2D eigenvalue weighted by molar-refractivity contribution is -0.142. The van der Waals surface area contributed by atoms with Crippen molar-refractivity contribution in [3.05, 3.63) is 57.8 Å². The normalized spacial score (nSPS) is 13.3. The fourth-order valence-electron chi connectivity index (χ4n) is 2.46. The van der Waals surface area contributed by atoms with E-state index >= 15 is 0 Å². The Labute approximate surface area is 137 Å². The molecule has 6 heteroatoms. The summed E-state index contributed by atoms with van der Waals surface area (Å²) in [6.45, 7) is 0.441. The molecule has 0 bridgehead atoms. The van der Waals surface area contributed by atoms with Gasteiger partial charge in [0.05, 0.1) is 24.2 Å². The summed E-state index contributed by atoms with van der Waals surface area (Å²) in [6.07, 6.45) is 0.687. The number of nitrogens with zero attached hydrogens (tertiary/aromatic N) is 1. The van der Waals surface area contributed by atoms with E-state index in [1.807, 2.05) is 17.5 Å². The van der Waals surface area contributed by atoms with Gasteiger partial charge in [0.25, 0.3) is 11.8 Å². The number of ether oxygens (including phenoxy) is 1. The molecule has 0 radical (unpaired) electrons. The average Bonchev–Trinajstić information content (AvgIpc) is 3.14. The highest BCUT2D eigenvalue weighted by Gasteiger charge is 2.34. The van der Waals surface area contributed by atoms with E-state index in [9.17, 15) is 14.4 Å². The molecular weight excluding hydrogens is 314 g/mol. The largest absolute Gasteiger partial charge is 0.465 e. The number of fused-ring (bicyclic) bond motifs is 1. The Kier molecular flexibility index (Phi) is 4.52.